The van der Waals surface area contributed by atoms with Crippen molar-refractivity contribution in [3.05, 3.63) is 46.5 Å². The Morgan fingerprint density at radius 1 is 1.31 bits per heavy atom. The zero-order valence-electron chi connectivity index (χ0n) is 17.4. The van der Waals surface area contributed by atoms with Crippen LogP contribution in [0.5, 0.6) is 0 Å². The smallest absolute Gasteiger partial charge is 0.231 e. The number of imidazole rings is 1. The molecule has 2 aliphatic carbocycles. The van der Waals surface area contributed by atoms with Crippen LogP contribution in [0.2, 0.25) is 10.3 Å². The molecule has 0 spiro atoms. The number of benzene rings is 1. The zero-order valence-corrected chi connectivity index (χ0v) is 18.9. The maximum atomic E-state index is 12.8. The number of anilines is 1. The summed E-state index contributed by atoms with van der Waals surface area (Å²) in [5, 5.41) is 25.4. The first-order chi connectivity index (χ1) is 15.2. The van der Waals surface area contributed by atoms with Crippen LogP contribution in [-0.2, 0) is 11.3 Å². The van der Waals surface area contributed by atoms with Gasteiger partial charge >= 0.3 is 0 Å². The number of amides is 1. The fourth-order valence-corrected chi connectivity index (χ4v) is 5.39. The van der Waals surface area contributed by atoms with Crippen LogP contribution in [0.15, 0.2) is 30.6 Å². The van der Waals surface area contributed by atoms with Crippen LogP contribution in [0.25, 0.3) is 11.2 Å². The average molecular weight is 477 g/mol. The van der Waals surface area contributed by atoms with E-state index in [1.165, 1.54) is 4.90 Å². The van der Waals surface area contributed by atoms with Crippen molar-refractivity contribution in [2.24, 2.45) is 11.3 Å². The quantitative estimate of drug-likeness (QED) is 0.482. The molecule has 3 aromatic rings. The molecule has 2 fully saturated rings. The SMILES string of the molecule is CN(C)C(=O)C12CC1C(n1cnc3c(NCc4cccc(Cl)c4)nc(Cl)nc31)C(O)C2O. The molecule has 0 radical (unpaired) electrons. The van der Waals surface area contributed by atoms with E-state index in [1.54, 1.807) is 31.1 Å². The van der Waals surface area contributed by atoms with E-state index in [9.17, 15) is 15.0 Å². The highest BCUT2D eigenvalue weighted by Gasteiger charge is 2.75. The van der Waals surface area contributed by atoms with Gasteiger partial charge in [-0.3, -0.25) is 4.79 Å². The molecule has 11 heteroatoms. The van der Waals surface area contributed by atoms with E-state index in [2.05, 4.69) is 20.3 Å². The number of aliphatic hydroxyl groups excluding tert-OH is 2. The Hall–Kier alpha value is -2.46. The van der Waals surface area contributed by atoms with Gasteiger partial charge < -0.3 is 25.0 Å². The van der Waals surface area contributed by atoms with Crippen LogP contribution >= 0.6 is 23.2 Å². The lowest BCUT2D eigenvalue weighted by atomic mass is 9.98. The summed E-state index contributed by atoms with van der Waals surface area (Å²) in [5.41, 5.74) is 0.887. The lowest BCUT2D eigenvalue weighted by Crippen LogP contribution is -2.42. The standard InChI is InChI=1S/C21H22Cl2N6O3/c1-28(2)19(32)21-7-12(21)14(15(30)16(21)31)29-9-25-13-17(26-20(23)27-18(13)29)24-8-10-4-3-5-11(22)6-10/h3-6,9,12,14-16,30-31H,7-8H2,1-2H3,(H,24,26,27). The number of hydrogen-bond acceptors (Lipinski definition) is 7. The van der Waals surface area contributed by atoms with Crippen LogP contribution in [0.4, 0.5) is 5.82 Å². The molecule has 1 amide bonds. The van der Waals surface area contributed by atoms with Crippen molar-refractivity contribution < 1.29 is 15.0 Å². The first kappa shape index (κ1) is 21.4. The van der Waals surface area contributed by atoms with Crippen LogP contribution < -0.4 is 5.32 Å². The van der Waals surface area contributed by atoms with E-state index in [4.69, 9.17) is 23.2 Å². The molecule has 5 unspecified atom stereocenters. The van der Waals surface area contributed by atoms with Gasteiger partial charge in [-0.05, 0) is 35.7 Å². The molecule has 0 bridgehead atoms. The lowest BCUT2D eigenvalue weighted by Gasteiger charge is -2.25. The number of halogens is 2. The minimum absolute atomic E-state index is 0.0207. The van der Waals surface area contributed by atoms with E-state index in [0.717, 1.165) is 5.56 Å². The van der Waals surface area contributed by atoms with E-state index in [-0.39, 0.29) is 17.1 Å². The summed E-state index contributed by atoms with van der Waals surface area (Å²) in [7, 11) is 3.30. The number of carbonyl (C=O) groups is 1. The summed E-state index contributed by atoms with van der Waals surface area (Å²) in [6.07, 6.45) is -0.255. The van der Waals surface area contributed by atoms with Gasteiger partial charge in [-0.25, -0.2) is 4.98 Å². The molecule has 1 aromatic carbocycles. The second-order valence-electron chi connectivity index (χ2n) is 8.63. The first-order valence-corrected chi connectivity index (χ1v) is 11.0. The average Bonchev–Trinajstić information content (AvgIpc) is 3.29. The van der Waals surface area contributed by atoms with Crippen molar-refractivity contribution in [3.63, 3.8) is 0 Å². The highest BCUT2D eigenvalue weighted by atomic mass is 35.5. The third-order valence-corrected chi connectivity index (χ3v) is 6.95. The molecule has 5 atom stereocenters. The minimum Gasteiger partial charge on any atom is -0.389 e. The lowest BCUT2D eigenvalue weighted by molar-refractivity contribution is -0.140. The van der Waals surface area contributed by atoms with Gasteiger partial charge in [0.1, 0.15) is 6.10 Å². The molecule has 2 aliphatic rings. The van der Waals surface area contributed by atoms with Gasteiger partial charge in [-0.15, -0.1) is 0 Å². The summed E-state index contributed by atoms with van der Waals surface area (Å²) >= 11 is 12.3. The van der Waals surface area contributed by atoms with E-state index in [1.807, 2.05) is 18.2 Å². The molecule has 168 valence electrons. The second-order valence-corrected chi connectivity index (χ2v) is 9.40. The fourth-order valence-electron chi connectivity index (χ4n) is 5.01. The number of nitrogens with zero attached hydrogens (tertiary/aromatic N) is 5. The highest BCUT2D eigenvalue weighted by Crippen LogP contribution is 2.68. The molecule has 9 nitrogen and oxygen atoms in total. The van der Waals surface area contributed by atoms with Gasteiger partial charge in [-0.1, -0.05) is 23.7 Å². The molecule has 2 heterocycles. The minimum atomic E-state index is -1.16. The molecule has 0 aliphatic heterocycles. The Labute approximate surface area is 194 Å². The summed E-state index contributed by atoms with van der Waals surface area (Å²) in [5.74, 6) is 0.0344. The van der Waals surface area contributed by atoms with Crippen molar-refractivity contribution in [2.75, 3.05) is 19.4 Å². The molecule has 5 rings (SSSR count). The maximum absolute atomic E-state index is 12.8. The topological polar surface area (TPSA) is 116 Å². The normalized spacial score (nSPS) is 28.6. The van der Waals surface area contributed by atoms with Gasteiger partial charge in [0.15, 0.2) is 17.0 Å². The van der Waals surface area contributed by atoms with Crippen LogP contribution in [0, 0.1) is 11.3 Å². The van der Waals surface area contributed by atoms with Gasteiger partial charge in [0.2, 0.25) is 11.2 Å². The Morgan fingerprint density at radius 3 is 2.81 bits per heavy atom. The highest BCUT2D eigenvalue weighted by molar-refractivity contribution is 6.30. The third-order valence-electron chi connectivity index (χ3n) is 6.54. The fraction of sp³-hybridized carbons (Fsp3) is 0.429. The van der Waals surface area contributed by atoms with Crippen molar-refractivity contribution in [2.45, 2.75) is 31.2 Å². The predicted molar refractivity (Wildman–Crippen MR) is 119 cm³/mol. The molecule has 2 aromatic heterocycles. The Morgan fingerprint density at radius 2 is 2.09 bits per heavy atom. The van der Waals surface area contributed by atoms with E-state index >= 15 is 0 Å². The summed E-state index contributed by atoms with van der Waals surface area (Å²) in [4.78, 5) is 27.3. The van der Waals surface area contributed by atoms with Crippen molar-refractivity contribution in [1.82, 2.24) is 24.4 Å². The molecular weight excluding hydrogens is 455 g/mol. The summed E-state index contributed by atoms with van der Waals surface area (Å²) < 4.78 is 1.70. The van der Waals surface area contributed by atoms with Crippen LogP contribution in [-0.4, -0.2) is 66.8 Å². The maximum Gasteiger partial charge on any atom is 0.231 e. The largest absolute Gasteiger partial charge is 0.389 e. The van der Waals surface area contributed by atoms with Gasteiger partial charge in [0.05, 0.1) is 23.9 Å². The number of aliphatic hydroxyl groups is 2. The molecule has 3 N–H and O–H groups in total. The van der Waals surface area contributed by atoms with Crippen LogP contribution in [0.1, 0.15) is 18.0 Å². The van der Waals surface area contributed by atoms with Crippen molar-refractivity contribution in [1.29, 1.82) is 0 Å². The summed E-state index contributed by atoms with van der Waals surface area (Å²) in [6, 6.07) is 6.89. The molecule has 2 saturated carbocycles. The Balaban J connectivity index is 1.48. The number of nitrogens with one attached hydrogen (secondary N) is 1. The number of carbonyl (C=O) groups excluding carboxylic acids is 1. The predicted octanol–water partition coefficient (Wildman–Crippen LogP) is 2.12. The van der Waals surface area contributed by atoms with Gasteiger partial charge in [0.25, 0.3) is 0 Å². The number of fused-ring (bicyclic) bond motifs is 2. The van der Waals surface area contributed by atoms with Gasteiger partial charge in [-0.2, -0.15) is 9.97 Å². The second kappa shape index (κ2) is 7.55. The van der Waals surface area contributed by atoms with E-state index < -0.39 is 23.7 Å². The monoisotopic (exact) mass is 476 g/mol. The Kier molecular flexibility index (Phi) is 5.05. The molecule has 0 saturated heterocycles. The third kappa shape index (κ3) is 3.14. The number of aromatic nitrogens is 4. The zero-order chi connectivity index (χ0) is 22.8. The van der Waals surface area contributed by atoms with Crippen molar-refractivity contribution in [3.8, 4) is 0 Å². The number of hydrogen-bond donors (Lipinski definition) is 3. The first-order valence-electron chi connectivity index (χ1n) is 10.2. The number of rotatable bonds is 5. The molecule has 32 heavy (non-hydrogen) atoms. The van der Waals surface area contributed by atoms with E-state index in [0.29, 0.717) is 35.0 Å². The van der Waals surface area contributed by atoms with Gasteiger partial charge in [0, 0.05) is 31.6 Å². The molecular formula is C21H22Cl2N6O3. The van der Waals surface area contributed by atoms with Crippen LogP contribution in [0.3, 0.4) is 0 Å². The van der Waals surface area contributed by atoms with Crippen molar-refractivity contribution >= 4 is 46.1 Å². The Bertz CT molecular complexity index is 1220. The summed E-state index contributed by atoms with van der Waals surface area (Å²) in [6.45, 7) is 0.448.